The second-order valence-electron chi connectivity index (χ2n) is 4.36. The maximum absolute atomic E-state index is 11.7. The lowest BCUT2D eigenvalue weighted by Crippen LogP contribution is -2.13. The minimum absolute atomic E-state index is 0.249. The lowest BCUT2D eigenvalue weighted by molar-refractivity contribution is 0.155. The van der Waals surface area contributed by atoms with Crippen molar-refractivity contribution in [2.24, 2.45) is 0 Å². The molecule has 1 amide bonds. The number of carbonyl (C=O) groups is 1. The molecule has 5 heteroatoms. The standard InChI is InChI=1S/C15H13N3O2/c19-15(20-10-11-4-2-1-3-5-11)17-13-7-6-12-9-16-18-14(12)8-13/h1-9H,10H2,(H,16,18)(H,17,19). The van der Waals surface area contributed by atoms with E-state index in [1.165, 1.54) is 0 Å². The molecule has 0 aliphatic carbocycles. The number of fused-ring (bicyclic) bond motifs is 1. The zero-order valence-electron chi connectivity index (χ0n) is 10.7. The van der Waals surface area contributed by atoms with E-state index in [1.807, 2.05) is 48.5 Å². The molecule has 0 spiro atoms. The first-order valence-electron chi connectivity index (χ1n) is 6.22. The van der Waals surface area contributed by atoms with E-state index in [4.69, 9.17) is 4.74 Å². The predicted octanol–water partition coefficient (Wildman–Crippen LogP) is 3.31. The van der Waals surface area contributed by atoms with Crippen molar-refractivity contribution in [2.75, 3.05) is 5.32 Å². The number of benzene rings is 2. The zero-order valence-corrected chi connectivity index (χ0v) is 10.7. The molecule has 20 heavy (non-hydrogen) atoms. The summed E-state index contributed by atoms with van der Waals surface area (Å²) in [7, 11) is 0. The fourth-order valence-corrected chi connectivity index (χ4v) is 1.89. The fourth-order valence-electron chi connectivity index (χ4n) is 1.89. The van der Waals surface area contributed by atoms with Gasteiger partial charge in [-0.2, -0.15) is 5.10 Å². The molecule has 0 saturated carbocycles. The molecule has 1 aromatic heterocycles. The van der Waals surface area contributed by atoms with Crippen LogP contribution in [0.1, 0.15) is 5.56 Å². The third-order valence-corrected chi connectivity index (χ3v) is 2.90. The average Bonchev–Trinajstić information content (AvgIpc) is 2.94. The van der Waals surface area contributed by atoms with Crippen LogP contribution in [0.4, 0.5) is 10.5 Å². The molecule has 0 atom stereocenters. The Bertz CT molecular complexity index is 722. The van der Waals surface area contributed by atoms with Gasteiger partial charge >= 0.3 is 6.09 Å². The van der Waals surface area contributed by atoms with Crippen LogP contribution in [0.5, 0.6) is 0 Å². The van der Waals surface area contributed by atoms with E-state index in [9.17, 15) is 4.79 Å². The van der Waals surface area contributed by atoms with Gasteiger partial charge in [0.15, 0.2) is 0 Å². The largest absolute Gasteiger partial charge is 0.444 e. The van der Waals surface area contributed by atoms with Crippen molar-refractivity contribution >= 4 is 22.7 Å². The molecule has 0 aliphatic heterocycles. The van der Waals surface area contributed by atoms with E-state index in [0.29, 0.717) is 5.69 Å². The third-order valence-electron chi connectivity index (χ3n) is 2.90. The van der Waals surface area contributed by atoms with Gasteiger partial charge in [0.1, 0.15) is 6.61 Å². The Morgan fingerprint density at radius 3 is 2.90 bits per heavy atom. The summed E-state index contributed by atoms with van der Waals surface area (Å²) in [5.41, 5.74) is 2.48. The molecule has 3 rings (SSSR count). The van der Waals surface area contributed by atoms with E-state index in [-0.39, 0.29) is 6.61 Å². The first kappa shape index (κ1) is 12.2. The lowest BCUT2D eigenvalue weighted by Gasteiger charge is -2.07. The number of anilines is 1. The minimum atomic E-state index is -0.479. The molecule has 5 nitrogen and oxygen atoms in total. The van der Waals surface area contributed by atoms with E-state index < -0.39 is 6.09 Å². The average molecular weight is 267 g/mol. The van der Waals surface area contributed by atoms with E-state index in [1.54, 1.807) is 6.20 Å². The summed E-state index contributed by atoms with van der Waals surface area (Å²) in [6.45, 7) is 0.249. The monoisotopic (exact) mass is 267 g/mol. The number of amides is 1. The van der Waals surface area contributed by atoms with Crippen LogP contribution < -0.4 is 5.32 Å². The number of nitrogens with zero attached hydrogens (tertiary/aromatic N) is 1. The van der Waals surface area contributed by atoms with Crippen LogP contribution in [0.2, 0.25) is 0 Å². The minimum Gasteiger partial charge on any atom is -0.444 e. The van der Waals surface area contributed by atoms with Crippen LogP contribution in [-0.2, 0) is 11.3 Å². The summed E-state index contributed by atoms with van der Waals surface area (Å²) in [4.78, 5) is 11.7. The number of hydrogen-bond acceptors (Lipinski definition) is 3. The third kappa shape index (κ3) is 2.77. The van der Waals surface area contributed by atoms with Crippen molar-refractivity contribution in [3.05, 3.63) is 60.3 Å². The Morgan fingerprint density at radius 1 is 1.20 bits per heavy atom. The van der Waals surface area contributed by atoms with Crippen molar-refractivity contribution in [1.29, 1.82) is 0 Å². The number of H-pyrrole nitrogens is 1. The van der Waals surface area contributed by atoms with Crippen molar-refractivity contribution < 1.29 is 9.53 Å². The molecular weight excluding hydrogens is 254 g/mol. The molecular formula is C15H13N3O2. The van der Waals surface area contributed by atoms with Crippen LogP contribution >= 0.6 is 0 Å². The number of aromatic amines is 1. The van der Waals surface area contributed by atoms with Gasteiger partial charge < -0.3 is 4.74 Å². The smallest absolute Gasteiger partial charge is 0.411 e. The van der Waals surface area contributed by atoms with Crippen LogP contribution in [0.3, 0.4) is 0 Å². The topological polar surface area (TPSA) is 67.0 Å². The Kier molecular flexibility index (Phi) is 3.33. The SMILES string of the molecule is O=C(Nc1ccc2cn[nH]c2c1)OCc1ccccc1. The highest BCUT2D eigenvalue weighted by molar-refractivity contribution is 5.89. The maximum atomic E-state index is 11.7. The van der Waals surface area contributed by atoms with Gasteiger partial charge in [-0.25, -0.2) is 4.79 Å². The lowest BCUT2D eigenvalue weighted by atomic mass is 10.2. The maximum Gasteiger partial charge on any atom is 0.411 e. The summed E-state index contributed by atoms with van der Waals surface area (Å²) in [6.07, 6.45) is 1.25. The first-order chi connectivity index (χ1) is 9.81. The molecule has 0 radical (unpaired) electrons. The van der Waals surface area contributed by atoms with Crippen molar-refractivity contribution in [3.8, 4) is 0 Å². The molecule has 3 aromatic rings. The molecule has 2 aromatic carbocycles. The highest BCUT2D eigenvalue weighted by atomic mass is 16.5. The number of nitrogens with one attached hydrogen (secondary N) is 2. The van der Waals surface area contributed by atoms with Crippen LogP contribution in [0.15, 0.2) is 54.7 Å². The molecule has 1 heterocycles. The molecule has 2 N–H and O–H groups in total. The van der Waals surface area contributed by atoms with Gasteiger partial charge in [-0.15, -0.1) is 0 Å². The normalized spacial score (nSPS) is 10.4. The number of ether oxygens (including phenoxy) is 1. The molecule has 0 aliphatic rings. The van der Waals surface area contributed by atoms with Gasteiger partial charge in [-0.05, 0) is 23.8 Å². The summed E-state index contributed by atoms with van der Waals surface area (Å²) in [5.74, 6) is 0. The molecule has 100 valence electrons. The van der Waals surface area contributed by atoms with Crippen LogP contribution in [0.25, 0.3) is 10.9 Å². The second kappa shape index (κ2) is 5.44. The summed E-state index contributed by atoms with van der Waals surface area (Å²) >= 11 is 0. The predicted molar refractivity (Wildman–Crippen MR) is 76.3 cm³/mol. The second-order valence-corrected chi connectivity index (χ2v) is 4.36. The highest BCUT2D eigenvalue weighted by Gasteiger charge is 2.05. The Balaban J connectivity index is 1.61. The van der Waals surface area contributed by atoms with Gasteiger partial charge in [-0.3, -0.25) is 10.4 Å². The van der Waals surface area contributed by atoms with E-state index in [0.717, 1.165) is 16.5 Å². The summed E-state index contributed by atoms with van der Waals surface area (Å²) in [6, 6.07) is 15.0. The van der Waals surface area contributed by atoms with Gasteiger partial charge in [-0.1, -0.05) is 30.3 Å². The molecule has 0 unspecified atom stereocenters. The quantitative estimate of drug-likeness (QED) is 0.765. The molecule has 0 fully saturated rings. The highest BCUT2D eigenvalue weighted by Crippen LogP contribution is 2.16. The van der Waals surface area contributed by atoms with E-state index >= 15 is 0 Å². The number of hydrogen-bond donors (Lipinski definition) is 2. The number of rotatable bonds is 3. The van der Waals surface area contributed by atoms with Gasteiger partial charge in [0.25, 0.3) is 0 Å². The van der Waals surface area contributed by atoms with Crippen LogP contribution in [-0.4, -0.2) is 16.3 Å². The molecule has 0 saturated heterocycles. The fraction of sp³-hybridized carbons (Fsp3) is 0.0667. The summed E-state index contributed by atoms with van der Waals surface area (Å²) < 4.78 is 5.15. The number of aromatic nitrogens is 2. The van der Waals surface area contributed by atoms with E-state index in [2.05, 4.69) is 15.5 Å². The van der Waals surface area contributed by atoms with Crippen molar-refractivity contribution in [2.45, 2.75) is 6.61 Å². The number of carbonyl (C=O) groups excluding carboxylic acids is 1. The molecule has 0 bridgehead atoms. The van der Waals surface area contributed by atoms with Crippen LogP contribution in [0, 0.1) is 0 Å². The van der Waals surface area contributed by atoms with Gasteiger partial charge in [0.2, 0.25) is 0 Å². The van der Waals surface area contributed by atoms with Crippen molar-refractivity contribution in [3.63, 3.8) is 0 Å². The van der Waals surface area contributed by atoms with Gasteiger partial charge in [0, 0.05) is 11.1 Å². The first-order valence-corrected chi connectivity index (χ1v) is 6.22. The Hall–Kier alpha value is -2.82. The van der Waals surface area contributed by atoms with Gasteiger partial charge in [0.05, 0.1) is 11.7 Å². The Morgan fingerprint density at radius 2 is 2.05 bits per heavy atom. The summed E-state index contributed by atoms with van der Waals surface area (Å²) in [5, 5.41) is 10.5. The zero-order chi connectivity index (χ0) is 13.8. The van der Waals surface area contributed by atoms with Crippen molar-refractivity contribution in [1.82, 2.24) is 10.2 Å². The Labute approximate surface area is 115 Å².